The van der Waals surface area contributed by atoms with Crippen molar-refractivity contribution in [1.29, 1.82) is 0 Å². The number of H-pyrrole nitrogens is 1. The van der Waals surface area contributed by atoms with Crippen LogP contribution in [-0.4, -0.2) is 42.6 Å². The number of nitrogens with zero attached hydrogens (tertiary/aromatic N) is 2. The van der Waals surface area contributed by atoms with Crippen LogP contribution < -0.4 is 5.32 Å². The van der Waals surface area contributed by atoms with Gasteiger partial charge in [0.15, 0.2) is 0 Å². The number of rotatable bonds is 7. The monoisotopic (exact) mass is 298 g/mol. The molecule has 1 aromatic heterocycles. The van der Waals surface area contributed by atoms with Crippen molar-refractivity contribution < 1.29 is 8.42 Å². The van der Waals surface area contributed by atoms with E-state index in [1.165, 1.54) is 0 Å². The highest BCUT2D eigenvalue weighted by Crippen LogP contribution is 2.38. The van der Waals surface area contributed by atoms with E-state index < -0.39 is 10.0 Å². The van der Waals surface area contributed by atoms with Gasteiger partial charge in [0.2, 0.25) is 10.0 Å². The molecular formula is C13H22N4O2S. The van der Waals surface area contributed by atoms with Crippen molar-refractivity contribution >= 4 is 10.0 Å². The van der Waals surface area contributed by atoms with E-state index in [0.717, 1.165) is 25.7 Å². The highest BCUT2D eigenvalue weighted by molar-refractivity contribution is 7.89. The van der Waals surface area contributed by atoms with E-state index in [9.17, 15) is 8.42 Å². The van der Waals surface area contributed by atoms with Crippen LogP contribution in [0.2, 0.25) is 0 Å². The van der Waals surface area contributed by atoms with Gasteiger partial charge in [-0.25, -0.2) is 8.42 Å². The van der Waals surface area contributed by atoms with E-state index in [0.29, 0.717) is 35.3 Å². The van der Waals surface area contributed by atoms with Crippen molar-refractivity contribution in [2.24, 2.45) is 5.92 Å². The van der Waals surface area contributed by atoms with Crippen LogP contribution in [0.15, 0.2) is 4.90 Å². The van der Waals surface area contributed by atoms with E-state index in [1.54, 1.807) is 18.3 Å². The maximum atomic E-state index is 13.0. The fraction of sp³-hybridized carbons (Fsp3) is 0.769. The molecule has 0 aliphatic heterocycles. The molecule has 2 fully saturated rings. The summed E-state index contributed by atoms with van der Waals surface area (Å²) in [5, 5.41) is 9.93. The molecule has 7 heteroatoms. The standard InChI is InChI=1S/C13H22N4O2S/c1-9-13(12(7-14-2)16-15-9)20(18,19)17(11-5-6-11)8-10-3-4-10/h10-11,14H,3-8H2,1-2H3,(H,15,16). The molecule has 0 atom stereocenters. The molecule has 0 saturated heterocycles. The van der Waals surface area contributed by atoms with Gasteiger partial charge in [-0.2, -0.15) is 9.40 Å². The first kappa shape index (κ1) is 14.0. The van der Waals surface area contributed by atoms with E-state index in [2.05, 4.69) is 15.5 Å². The lowest BCUT2D eigenvalue weighted by atomic mass is 10.4. The maximum Gasteiger partial charge on any atom is 0.247 e. The Labute approximate surface area is 120 Å². The highest BCUT2D eigenvalue weighted by Gasteiger charge is 2.42. The third kappa shape index (κ3) is 2.62. The molecule has 112 valence electrons. The predicted octanol–water partition coefficient (Wildman–Crippen LogP) is 1.00. The fourth-order valence-electron chi connectivity index (χ4n) is 2.58. The van der Waals surface area contributed by atoms with Crippen LogP contribution in [0.3, 0.4) is 0 Å². The predicted molar refractivity (Wildman–Crippen MR) is 75.7 cm³/mol. The quantitative estimate of drug-likeness (QED) is 0.787. The second-order valence-electron chi connectivity index (χ2n) is 5.90. The summed E-state index contributed by atoms with van der Waals surface area (Å²) >= 11 is 0. The molecule has 3 rings (SSSR count). The zero-order chi connectivity index (χ0) is 14.3. The molecule has 6 nitrogen and oxygen atoms in total. The zero-order valence-electron chi connectivity index (χ0n) is 12.0. The molecule has 2 N–H and O–H groups in total. The van der Waals surface area contributed by atoms with Crippen LogP contribution in [-0.2, 0) is 16.6 Å². The third-order valence-corrected chi connectivity index (χ3v) is 6.08. The molecule has 0 unspecified atom stereocenters. The van der Waals surface area contributed by atoms with Crippen LogP contribution in [0.1, 0.15) is 37.1 Å². The summed E-state index contributed by atoms with van der Waals surface area (Å²) in [6.45, 7) is 2.92. The van der Waals surface area contributed by atoms with Crippen LogP contribution >= 0.6 is 0 Å². The fourth-order valence-corrected chi connectivity index (χ4v) is 4.67. The molecule has 0 aromatic carbocycles. The van der Waals surface area contributed by atoms with Gasteiger partial charge >= 0.3 is 0 Å². The number of hydrogen-bond donors (Lipinski definition) is 2. The lowest BCUT2D eigenvalue weighted by Gasteiger charge is -2.22. The second kappa shape index (κ2) is 5.13. The minimum Gasteiger partial charge on any atom is -0.314 e. The van der Waals surface area contributed by atoms with E-state index in [1.807, 2.05) is 0 Å². The van der Waals surface area contributed by atoms with Crippen molar-refractivity contribution in [1.82, 2.24) is 19.8 Å². The zero-order valence-corrected chi connectivity index (χ0v) is 12.8. The largest absolute Gasteiger partial charge is 0.314 e. The number of sulfonamides is 1. The number of nitrogens with one attached hydrogen (secondary N) is 2. The number of hydrogen-bond acceptors (Lipinski definition) is 4. The summed E-state index contributed by atoms with van der Waals surface area (Å²) in [6, 6.07) is 0.206. The topological polar surface area (TPSA) is 78.1 Å². The molecule has 0 amide bonds. The Morgan fingerprint density at radius 3 is 2.60 bits per heavy atom. The van der Waals surface area contributed by atoms with Crippen molar-refractivity contribution in [2.45, 2.75) is 50.1 Å². The summed E-state index contributed by atoms with van der Waals surface area (Å²) in [7, 11) is -1.64. The average molecular weight is 298 g/mol. The lowest BCUT2D eigenvalue weighted by Crippen LogP contribution is -2.35. The van der Waals surface area contributed by atoms with Crippen molar-refractivity contribution in [3.63, 3.8) is 0 Å². The molecule has 1 heterocycles. The first-order chi connectivity index (χ1) is 9.54. The lowest BCUT2D eigenvalue weighted by molar-refractivity contribution is 0.388. The molecule has 2 aliphatic rings. The Balaban J connectivity index is 1.94. The van der Waals surface area contributed by atoms with Gasteiger partial charge in [0.25, 0.3) is 0 Å². The van der Waals surface area contributed by atoms with Crippen molar-refractivity contribution in [3.05, 3.63) is 11.4 Å². The first-order valence-electron chi connectivity index (χ1n) is 7.24. The van der Waals surface area contributed by atoms with Gasteiger partial charge in [0, 0.05) is 19.1 Å². The highest BCUT2D eigenvalue weighted by atomic mass is 32.2. The normalized spacial score (nSPS) is 19.8. The summed E-state index contributed by atoms with van der Waals surface area (Å²) < 4.78 is 27.7. The summed E-state index contributed by atoms with van der Waals surface area (Å²) in [4.78, 5) is 0.374. The Bertz CT molecular complexity index is 588. The van der Waals surface area contributed by atoms with Gasteiger partial charge < -0.3 is 5.32 Å². The maximum absolute atomic E-state index is 13.0. The molecule has 20 heavy (non-hydrogen) atoms. The second-order valence-corrected chi connectivity index (χ2v) is 7.73. The Morgan fingerprint density at radius 2 is 2.05 bits per heavy atom. The smallest absolute Gasteiger partial charge is 0.247 e. The molecule has 0 spiro atoms. The van der Waals surface area contributed by atoms with Gasteiger partial charge in [-0.05, 0) is 45.6 Å². The van der Waals surface area contributed by atoms with Gasteiger partial charge in [-0.1, -0.05) is 0 Å². The van der Waals surface area contributed by atoms with Crippen LogP contribution in [0, 0.1) is 12.8 Å². The van der Waals surface area contributed by atoms with Gasteiger partial charge in [-0.3, -0.25) is 5.10 Å². The van der Waals surface area contributed by atoms with Gasteiger partial charge in [0.1, 0.15) is 4.90 Å². The Hall–Kier alpha value is -0.920. The minimum absolute atomic E-state index is 0.206. The van der Waals surface area contributed by atoms with Gasteiger partial charge in [0.05, 0.1) is 11.4 Å². The number of aromatic nitrogens is 2. The molecule has 0 radical (unpaired) electrons. The molecule has 2 aliphatic carbocycles. The molecule has 2 saturated carbocycles. The van der Waals surface area contributed by atoms with E-state index in [4.69, 9.17) is 0 Å². The van der Waals surface area contributed by atoms with Gasteiger partial charge in [-0.15, -0.1) is 0 Å². The first-order valence-corrected chi connectivity index (χ1v) is 8.68. The Kier molecular flexibility index (Phi) is 3.60. The molecular weight excluding hydrogens is 276 g/mol. The van der Waals surface area contributed by atoms with Crippen molar-refractivity contribution in [3.8, 4) is 0 Å². The minimum atomic E-state index is -3.43. The van der Waals surface area contributed by atoms with Crippen LogP contribution in [0.5, 0.6) is 0 Å². The molecule has 1 aromatic rings. The van der Waals surface area contributed by atoms with Crippen LogP contribution in [0.4, 0.5) is 0 Å². The molecule has 0 bridgehead atoms. The van der Waals surface area contributed by atoms with E-state index >= 15 is 0 Å². The number of aryl methyl sites for hydroxylation is 1. The average Bonchev–Trinajstić information content (AvgIpc) is 3.27. The Morgan fingerprint density at radius 1 is 1.35 bits per heavy atom. The van der Waals surface area contributed by atoms with Crippen molar-refractivity contribution in [2.75, 3.05) is 13.6 Å². The summed E-state index contributed by atoms with van der Waals surface area (Å²) in [6.07, 6.45) is 4.30. The van der Waals surface area contributed by atoms with Crippen LogP contribution in [0.25, 0.3) is 0 Å². The SMILES string of the molecule is CNCc1n[nH]c(C)c1S(=O)(=O)N(CC1CC1)C1CC1. The summed E-state index contributed by atoms with van der Waals surface area (Å²) in [5.74, 6) is 0.560. The van der Waals surface area contributed by atoms with E-state index in [-0.39, 0.29) is 6.04 Å². The number of aromatic amines is 1. The summed E-state index contributed by atoms with van der Waals surface area (Å²) in [5.41, 5.74) is 1.23. The third-order valence-electron chi connectivity index (χ3n) is 3.96.